The summed E-state index contributed by atoms with van der Waals surface area (Å²) in [5, 5.41) is 0. The van der Waals surface area contributed by atoms with Gasteiger partial charge in [0.05, 0.1) is 6.61 Å². The fraction of sp³-hybridized carbons (Fsp3) is 0.500. The zero-order chi connectivity index (χ0) is 12.8. The number of piperazine rings is 1. The second-order valence-corrected chi connectivity index (χ2v) is 4.50. The van der Waals surface area contributed by atoms with Crippen LogP contribution in [-0.4, -0.2) is 57.6 Å². The average Bonchev–Trinajstić information content (AvgIpc) is 2.45. The maximum absolute atomic E-state index is 11.0. The Morgan fingerprint density at radius 2 is 1.94 bits per heavy atom. The molecule has 0 N–H and O–H groups in total. The van der Waals surface area contributed by atoms with Crippen molar-refractivity contribution in [2.75, 3.05) is 51.3 Å². The normalized spacial score (nSPS) is 16.8. The summed E-state index contributed by atoms with van der Waals surface area (Å²) in [6, 6.07) is 7.79. The van der Waals surface area contributed by atoms with Crippen LogP contribution in [0.1, 0.15) is 10.4 Å². The zero-order valence-electron chi connectivity index (χ0n) is 10.8. The van der Waals surface area contributed by atoms with Gasteiger partial charge in [-0.25, -0.2) is 0 Å². The largest absolute Gasteiger partial charge is 0.383 e. The van der Waals surface area contributed by atoms with Crippen LogP contribution >= 0.6 is 0 Å². The third-order valence-corrected chi connectivity index (χ3v) is 3.39. The summed E-state index contributed by atoms with van der Waals surface area (Å²) in [6.45, 7) is 5.75. The number of methoxy groups -OCH3 is 1. The molecule has 1 aliphatic heterocycles. The van der Waals surface area contributed by atoms with Crippen molar-refractivity contribution in [3.8, 4) is 0 Å². The van der Waals surface area contributed by atoms with E-state index in [2.05, 4.69) is 9.80 Å². The molecule has 0 spiro atoms. The molecule has 1 saturated heterocycles. The smallest absolute Gasteiger partial charge is 0.152 e. The average molecular weight is 248 g/mol. The van der Waals surface area contributed by atoms with E-state index in [1.165, 1.54) is 0 Å². The summed E-state index contributed by atoms with van der Waals surface area (Å²) < 4.78 is 5.09. The minimum atomic E-state index is 0.780. The highest BCUT2D eigenvalue weighted by atomic mass is 16.5. The number of rotatable bonds is 5. The van der Waals surface area contributed by atoms with Crippen molar-refractivity contribution >= 4 is 12.0 Å². The Kier molecular flexibility index (Phi) is 4.73. The molecule has 1 aliphatic rings. The number of aldehydes is 1. The van der Waals surface area contributed by atoms with Gasteiger partial charge in [0.1, 0.15) is 0 Å². The second kappa shape index (κ2) is 6.52. The number of hydrogen-bond acceptors (Lipinski definition) is 4. The van der Waals surface area contributed by atoms with E-state index in [-0.39, 0.29) is 0 Å². The Labute approximate surface area is 108 Å². The fourth-order valence-electron chi connectivity index (χ4n) is 2.31. The number of carbonyl (C=O) groups excluding carboxylic acids is 1. The third-order valence-electron chi connectivity index (χ3n) is 3.39. The first-order valence-electron chi connectivity index (χ1n) is 6.35. The van der Waals surface area contributed by atoms with Gasteiger partial charge in [-0.3, -0.25) is 9.69 Å². The van der Waals surface area contributed by atoms with Gasteiger partial charge in [0.25, 0.3) is 0 Å². The molecule has 4 nitrogen and oxygen atoms in total. The van der Waals surface area contributed by atoms with Crippen LogP contribution in [0.3, 0.4) is 0 Å². The maximum atomic E-state index is 11.0. The highest BCUT2D eigenvalue weighted by Crippen LogP contribution is 2.20. The lowest BCUT2D eigenvalue weighted by Gasteiger charge is -2.36. The summed E-state index contributed by atoms with van der Waals surface area (Å²) in [4.78, 5) is 15.7. The summed E-state index contributed by atoms with van der Waals surface area (Å²) >= 11 is 0. The lowest BCUT2D eigenvalue weighted by atomic mass is 10.1. The van der Waals surface area contributed by atoms with Crippen LogP contribution in [0, 0.1) is 0 Å². The minimum Gasteiger partial charge on any atom is -0.383 e. The predicted molar refractivity (Wildman–Crippen MR) is 72.4 cm³/mol. The molecule has 1 heterocycles. The first-order valence-corrected chi connectivity index (χ1v) is 6.35. The number of carbonyl (C=O) groups is 1. The molecule has 0 radical (unpaired) electrons. The number of hydrogen-bond donors (Lipinski definition) is 0. The molecular formula is C14H20N2O2. The van der Waals surface area contributed by atoms with Crippen LogP contribution in [-0.2, 0) is 4.74 Å². The monoisotopic (exact) mass is 248 g/mol. The molecule has 1 aromatic rings. The van der Waals surface area contributed by atoms with E-state index in [4.69, 9.17) is 4.74 Å². The van der Waals surface area contributed by atoms with Gasteiger partial charge >= 0.3 is 0 Å². The van der Waals surface area contributed by atoms with Gasteiger partial charge in [0.15, 0.2) is 6.29 Å². The van der Waals surface area contributed by atoms with E-state index in [1.807, 2.05) is 24.3 Å². The minimum absolute atomic E-state index is 0.780. The summed E-state index contributed by atoms with van der Waals surface area (Å²) in [5.74, 6) is 0. The first-order chi connectivity index (χ1) is 8.85. The van der Waals surface area contributed by atoms with Crippen molar-refractivity contribution in [2.24, 2.45) is 0 Å². The van der Waals surface area contributed by atoms with Crippen molar-refractivity contribution < 1.29 is 9.53 Å². The molecule has 1 aromatic carbocycles. The van der Waals surface area contributed by atoms with Gasteiger partial charge in [0.2, 0.25) is 0 Å². The molecule has 0 saturated carbocycles. The van der Waals surface area contributed by atoms with Gasteiger partial charge in [0, 0.05) is 51.1 Å². The standard InChI is InChI=1S/C14H20N2O2/c1-18-11-10-15-6-8-16(9-7-15)14-5-3-2-4-13(14)12-17/h2-5,12H,6-11H2,1H3. The summed E-state index contributed by atoms with van der Waals surface area (Å²) in [5.41, 5.74) is 1.83. The van der Waals surface area contributed by atoms with Gasteiger partial charge in [-0.15, -0.1) is 0 Å². The molecule has 0 aromatic heterocycles. The van der Waals surface area contributed by atoms with E-state index >= 15 is 0 Å². The van der Waals surface area contributed by atoms with E-state index < -0.39 is 0 Å². The fourth-order valence-corrected chi connectivity index (χ4v) is 2.31. The van der Waals surface area contributed by atoms with Crippen molar-refractivity contribution in [1.82, 2.24) is 4.90 Å². The third kappa shape index (κ3) is 3.09. The molecular weight excluding hydrogens is 228 g/mol. The number of benzene rings is 1. The first kappa shape index (κ1) is 13.1. The highest BCUT2D eigenvalue weighted by Gasteiger charge is 2.18. The number of nitrogens with zero attached hydrogens (tertiary/aromatic N) is 2. The van der Waals surface area contributed by atoms with Gasteiger partial charge < -0.3 is 9.64 Å². The Hall–Kier alpha value is -1.39. The summed E-state index contributed by atoms with van der Waals surface area (Å²) in [6.07, 6.45) is 0.937. The van der Waals surface area contributed by atoms with Crippen LogP contribution in [0.2, 0.25) is 0 Å². The molecule has 98 valence electrons. The van der Waals surface area contributed by atoms with Crippen LogP contribution in [0.4, 0.5) is 5.69 Å². The van der Waals surface area contributed by atoms with Crippen LogP contribution in [0.5, 0.6) is 0 Å². The summed E-state index contributed by atoms with van der Waals surface area (Å²) in [7, 11) is 1.73. The zero-order valence-corrected chi connectivity index (χ0v) is 10.8. The Morgan fingerprint density at radius 3 is 2.61 bits per heavy atom. The predicted octanol–water partition coefficient (Wildman–Crippen LogP) is 1.27. The van der Waals surface area contributed by atoms with Crippen molar-refractivity contribution in [3.05, 3.63) is 29.8 Å². The van der Waals surface area contributed by atoms with Crippen molar-refractivity contribution in [1.29, 1.82) is 0 Å². The molecule has 0 bridgehead atoms. The van der Waals surface area contributed by atoms with Crippen molar-refractivity contribution in [2.45, 2.75) is 0 Å². The lowest BCUT2D eigenvalue weighted by molar-refractivity contribution is 0.112. The van der Waals surface area contributed by atoms with Gasteiger partial charge in [-0.2, -0.15) is 0 Å². The molecule has 0 unspecified atom stereocenters. The molecule has 4 heteroatoms. The maximum Gasteiger partial charge on any atom is 0.152 e. The number of para-hydroxylation sites is 1. The molecule has 18 heavy (non-hydrogen) atoms. The van der Waals surface area contributed by atoms with E-state index in [0.717, 1.165) is 56.9 Å². The van der Waals surface area contributed by atoms with Crippen molar-refractivity contribution in [3.63, 3.8) is 0 Å². The molecule has 0 atom stereocenters. The molecule has 0 aliphatic carbocycles. The van der Waals surface area contributed by atoms with Gasteiger partial charge in [-0.05, 0) is 12.1 Å². The van der Waals surface area contributed by atoms with E-state index in [9.17, 15) is 4.79 Å². The lowest BCUT2D eigenvalue weighted by Crippen LogP contribution is -2.47. The molecule has 0 amide bonds. The highest BCUT2D eigenvalue weighted by molar-refractivity contribution is 5.84. The number of anilines is 1. The molecule has 2 rings (SSSR count). The quantitative estimate of drug-likeness (QED) is 0.735. The van der Waals surface area contributed by atoms with Gasteiger partial charge in [-0.1, -0.05) is 12.1 Å². The number of ether oxygens (including phenoxy) is 1. The Balaban J connectivity index is 1.95. The van der Waals surface area contributed by atoms with Crippen LogP contribution in [0.25, 0.3) is 0 Å². The second-order valence-electron chi connectivity index (χ2n) is 4.50. The SMILES string of the molecule is COCCN1CCN(c2ccccc2C=O)CC1. The Morgan fingerprint density at radius 1 is 1.22 bits per heavy atom. The van der Waals surface area contributed by atoms with E-state index in [1.54, 1.807) is 7.11 Å². The molecule has 1 fully saturated rings. The topological polar surface area (TPSA) is 32.8 Å². The van der Waals surface area contributed by atoms with Crippen LogP contribution < -0.4 is 4.90 Å². The van der Waals surface area contributed by atoms with E-state index in [0.29, 0.717) is 0 Å². The Bertz CT molecular complexity index is 387. The van der Waals surface area contributed by atoms with Crippen LogP contribution in [0.15, 0.2) is 24.3 Å².